The van der Waals surface area contributed by atoms with E-state index in [9.17, 15) is 9.59 Å². The molecule has 0 spiro atoms. The molecule has 0 aliphatic carbocycles. The van der Waals surface area contributed by atoms with Crippen LogP contribution in [0.2, 0.25) is 5.15 Å². The Morgan fingerprint density at radius 3 is 2.52 bits per heavy atom. The standard InChI is InChI=1S/C18H19ClN2O4/c1-3-15(25-18(23)12-9-10-20-16(19)11-12)17(22)21-13-5-7-14(8-6-13)24-4-2/h5-11,15H,3-4H2,1-2H3,(H,21,22). The van der Waals surface area contributed by atoms with Crippen molar-refractivity contribution in [3.63, 3.8) is 0 Å². The third-order valence-corrected chi connectivity index (χ3v) is 3.51. The smallest absolute Gasteiger partial charge is 0.339 e. The summed E-state index contributed by atoms with van der Waals surface area (Å²) in [6.45, 7) is 4.22. The van der Waals surface area contributed by atoms with Gasteiger partial charge in [0.15, 0.2) is 6.10 Å². The molecule has 2 aromatic rings. The van der Waals surface area contributed by atoms with Crippen molar-refractivity contribution in [2.24, 2.45) is 0 Å². The van der Waals surface area contributed by atoms with Crippen molar-refractivity contribution >= 4 is 29.2 Å². The van der Waals surface area contributed by atoms with Crippen LogP contribution in [0.15, 0.2) is 42.6 Å². The van der Waals surface area contributed by atoms with Gasteiger partial charge in [0.25, 0.3) is 5.91 Å². The Morgan fingerprint density at radius 2 is 1.92 bits per heavy atom. The molecule has 0 bridgehead atoms. The monoisotopic (exact) mass is 362 g/mol. The average molecular weight is 363 g/mol. The summed E-state index contributed by atoms with van der Waals surface area (Å²) in [5.74, 6) is -0.313. The fourth-order valence-electron chi connectivity index (χ4n) is 2.07. The highest BCUT2D eigenvalue weighted by atomic mass is 35.5. The molecule has 1 N–H and O–H groups in total. The van der Waals surface area contributed by atoms with Crippen LogP contribution < -0.4 is 10.1 Å². The van der Waals surface area contributed by atoms with Gasteiger partial charge in [-0.2, -0.15) is 0 Å². The van der Waals surface area contributed by atoms with Crippen molar-refractivity contribution < 1.29 is 19.1 Å². The van der Waals surface area contributed by atoms with Crippen LogP contribution in [0.25, 0.3) is 0 Å². The first-order valence-electron chi connectivity index (χ1n) is 7.89. The predicted molar refractivity (Wildman–Crippen MR) is 95.0 cm³/mol. The number of esters is 1. The minimum atomic E-state index is -0.911. The van der Waals surface area contributed by atoms with Gasteiger partial charge in [0, 0.05) is 11.9 Å². The number of anilines is 1. The van der Waals surface area contributed by atoms with Crippen LogP contribution in [-0.2, 0) is 9.53 Å². The van der Waals surface area contributed by atoms with E-state index >= 15 is 0 Å². The molecule has 0 saturated carbocycles. The number of aromatic nitrogens is 1. The fourth-order valence-corrected chi connectivity index (χ4v) is 2.25. The number of benzene rings is 1. The zero-order valence-electron chi connectivity index (χ0n) is 14.0. The molecule has 1 aromatic carbocycles. The maximum atomic E-state index is 12.3. The summed E-state index contributed by atoms with van der Waals surface area (Å²) < 4.78 is 10.6. The number of nitrogens with zero attached hydrogens (tertiary/aromatic N) is 1. The second-order valence-corrected chi connectivity index (χ2v) is 5.50. The molecule has 0 aliphatic heterocycles. The zero-order chi connectivity index (χ0) is 18.2. The molecule has 6 nitrogen and oxygen atoms in total. The van der Waals surface area contributed by atoms with Gasteiger partial charge < -0.3 is 14.8 Å². The van der Waals surface area contributed by atoms with Gasteiger partial charge >= 0.3 is 5.97 Å². The van der Waals surface area contributed by atoms with E-state index in [-0.39, 0.29) is 10.7 Å². The second kappa shape index (κ2) is 9.03. The number of amides is 1. The quantitative estimate of drug-likeness (QED) is 0.600. The number of nitrogens with one attached hydrogen (secondary N) is 1. The number of carbonyl (C=O) groups excluding carboxylic acids is 2. The van der Waals surface area contributed by atoms with Gasteiger partial charge in [-0.1, -0.05) is 18.5 Å². The lowest BCUT2D eigenvalue weighted by molar-refractivity contribution is -0.124. The Labute approximate surface area is 151 Å². The number of ether oxygens (including phenoxy) is 2. The topological polar surface area (TPSA) is 77.5 Å². The Balaban J connectivity index is 1.99. The molecule has 25 heavy (non-hydrogen) atoms. The van der Waals surface area contributed by atoms with E-state index < -0.39 is 18.0 Å². The van der Waals surface area contributed by atoms with Crippen LogP contribution in [0, 0.1) is 0 Å². The van der Waals surface area contributed by atoms with Crippen molar-refractivity contribution in [1.82, 2.24) is 4.98 Å². The number of carbonyl (C=O) groups is 2. The lowest BCUT2D eigenvalue weighted by atomic mass is 10.2. The third kappa shape index (κ3) is 5.46. The number of hydrogen-bond acceptors (Lipinski definition) is 5. The summed E-state index contributed by atoms with van der Waals surface area (Å²) in [5, 5.41) is 2.90. The molecule has 1 amide bonds. The van der Waals surface area contributed by atoms with E-state index in [1.54, 1.807) is 31.2 Å². The van der Waals surface area contributed by atoms with E-state index in [0.717, 1.165) is 0 Å². The number of rotatable bonds is 7. The first kappa shape index (κ1) is 18.7. The normalized spacial score (nSPS) is 11.5. The summed E-state index contributed by atoms with van der Waals surface area (Å²) in [6.07, 6.45) is 0.832. The largest absolute Gasteiger partial charge is 0.494 e. The molecule has 132 valence electrons. The molecule has 0 saturated heterocycles. The third-order valence-electron chi connectivity index (χ3n) is 3.31. The van der Waals surface area contributed by atoms with E-state index in [1.807, 2.05) is 6.92 Å². The summed E-state index contributed by atoms with van der Waals surface area (Å²) in [7, 11) is 0. The highest BCUT2D eigenvalue weighted by Gasteiger charge is 2.22. The molecule has 1 heterocycles. The van der Waals surface area contributed by atoms with Crippen LogP contribution in [0.3, 0.4) is 0 Å². The van der Waals surface area contributed by atoms with Crippen molar-refractivity contribution in [3.05, 3.63) is 53.3 Å². The lowest BCUT2D eigenvalue weighted by Crippen LogP contribution is -2.32. The van der Waals surface area contributed by atoms with E-state index in [2.05, 4.69) is 10.3 Å². The maximum absolute atomic E-state index is 12.3. The minimum absolute atomic E-state index is 0.182. The highest BCUT2D eigenvalue weighted by Crippen LogP contribution is 2.17. The Kier molecular flexibility index (Phi) is 6.77. The Bertz CT molecular complexity index is 734. The van der Waals surface area contributed by atoms with Gasteiger partial charge in [-0.3, -0.25) is 4.79 Å². The fraction of sp³-hybridized carbons (Fsp3) is 0.278. The highest BCUT2D eigenvalue weighted by molar-refractivity contribution is 6.29. The molecule has 7 heteroatoms. The molecule has 2 rings (SSSR count). The summed E-state index contributed by atoms with van der Waals surface area (Å²) in [6, 6.07) is 9.82. The molecule has 1 aromatic heterocycles. The van der Waals surface area contributed by atoms with Crippen LogP contribution in [0.4, 0.5) is 5.69 Å². The van der Waals surface area contributed by atoms with Gasteiger partial charge in [0.2, 0.25) is 0 Å². The van der Waals surface area contributed by atoms with Crippen LogP contribution in [0.1, 0.15) is 30.6 Å². The number of hydrogen-bond donors (Lipinski definition) is 1. The van der Waals surface area contributed by atoms with E-state index in [4.69, 9.17) is 21.1 Å². The van der Waals surface area contributed by atoms with Gasteiger partial charge in [-0.05, 0) is 49.7 Å². The SMILES string of the molecule is CCOc1ccc(NC(=O)C(CC)OC(=O)c2ccnc(Cl)c2)cc1. The minimum Gasteiger partial charge on any atom is -0.494 e. The molecular weight excluding hydrogens is 344 g/mol. The Hall–Kier alpha value is -2.60. The number of pyridine rings is 1. The van der Waals surface area contributed by atoms with Crippen LogP contribution >= 0.6 is 11.6 Å². The van der Waals surface area contributed by atoms with Gasteiger partial charge in [-0.15, -0.1) is 0 Å². The summed E-state index contributed by atoms with van der Waals surface area (Å²) >= 11 is 5.76. The van der Waals surface area contributed by atoms with Crippen LogP contribution in [0.5, 0.6) is 5.75 Å². The van der Waals surface area contributed by atoms with Gasteiger partial charge in [-0.25, -0.2) is 9.78 Å². The van der Waals surface area contributed by atoms with Crippen molar-refractivity contribution in [2.45, 2.75) is 26.4 Å². The summed E-state index contributed by atoms with van der Waals surface area (Å²) in [5.41, 5.74) is 0.835. The lowest BCUT2D eigenvalue weighted by Gasteiger charge is -2.16. The summed E-state index contributed by atoms with van der Waals surface area (Å²) in [4.78, 5) is 28.3. The molecule has 0 fully saturated rings. The van der Waals surface area contributed by atoms with E-state index in [1.165, 1.54) is 18.3 Å². The number of halogens is 1. The van der Waals surface area contributed by atoms with Crippen molar-refractivity contribution in [1.29, 1.82) is 0 Å². The first-order valence-corrected chi connectivity index (χ1v) is 8.27. The van der Waals surface area contributed by atoms with Crippen LogP contribution in [-0.4, -0.2) is 29.6 Å². The molecule has 0 aliphatic rings. The second-order valence-electron chi connectivity index (χ2n) is 5.12. The zero-order valence-corrected chi connectivity index (χ0v) is 14.7. The van der Waals surface area contributed by atoms with Gasteiger partial charge in [0.1, 0.15) is 10.9 Å². The maximum Gasteiger partial charge on any atom is 0.339 e. The van der Waals surface area contributed by atoms with Crippen molar-refractivity contribution in [2.75, 3.05) is 11.9 Å². The molecule has 1 atom stereocenters. The van der Waals surface area contributed by atoms with E-state index in [0.29, 0.717) is 24.5 Å². The predicted octanol–water partition coefficient (Wildman–Crippen LogP) is 3.71. The molecule has 1 unspecified atom stereocenters. The van der Waals surface area contributed by atoms with Crippen molar-refractivity contribution in [3.8, 4) is 5.75 Å². The average Bonchev–Trinajstić information content (AvgIpc) is 2.61. The molecular formula is C18H19ClN2O4. The van der Waals surface area contributed by atoms with Gasteiger partial charge in [0.05, 0.1) is 12.2 Å². The Morgan fingerprint density at radius 1 is 1.20 bits per heavy atom. The first-order chi connectivity index (χ1) is 12.0. The molecule has 0 radical (unpaired) electrons.